The highest BCUT2D eigenvalue weighted by Gasteiger charge is 2.67. The van der Waals surface area contributed by atoms with Crippen molar-refractivity contribution in [3.8, 4) is 0 Å². The van der Waals surface area contributed by atoms with Crippen molar-refractivity contribution in [2.45, 2.75) is 58.7 Å². The number of ether oxygens (including phenoxy) is 10. The smallest absolute Gasteiger partial charge is 0.210 e. The van der Waals surface area contributed by atoms with Crippen LogP contribution in [0.15, 0.2) is 0 Å². The van der Waals surface area contributed by atoms with Crippen LogP contribution in [-0.2, 0) is 47.4 Å². The summed E-state index contributed by atoms with van der Waals surface area (Å²) in [5, 5.41) is 0. The van der Waals surface area contributed by atoms with E-state index in [1.54, 1.807) is 49.8 Å². The van der Waals surface area contributed by atoms with Crippen molar-refractivity contribution in [2.75, 3.05) is 63.0 Å². The molecule has 182 valence electrons. The lowest BCUT2D eigenvalue weighted by Crippen LogP contribution is -2.76. The van der Waals surface area contributed by atoms with Gasteiger partial charge in [0.1, 0.15) is 30.5 Å². The molecule has 3 fully saturated rings. The second-order valence-corrected chi connectivity index (χ2v) is 9.20. The summed E-state index contributed by atoms with van der Waals surface area (Å²) < 4.78 is 59.0. The van der Waals surface area contributed by atoms with E-state index in [0.29, 0.717) is 6.61 Å². The van der Waals surface area contributed by atoms with E-state index >= 15 is 0 Å². The molecule has 0 unspecified atom stereocenters. The lowest BCUT2D eigenvalue weighted by Gasteiger charge is -2.59. The normalized spacial score (nSPS) is 48.0. The van der Waals surface area contributed by atoms with Gasteiger partial charge in [0.05, 0.1) is 29.3 Å². The van der Waals surface area contributed by atoms with Crippen LogP contribution in [0.2, 0.25) is 0 Å². The minimum atomic E-state index is -1.13. The fourth-order valence-electron chi connectivity index (χ4n) is 5.17. The molecule has 0 bridgehead atoms. The molecule has 0 radical (unpaired) electrons. The van der Waals surface area contributed by atoms with Gasteiger partial charge in [0.25, 0.3) is 0 Å². The Kier molecular flexibility index (Phi) is 9.35. The van der Waals surface area contributed by atoms with Crippen LogP contribution >= 0.6 is 22.6 Å². The maximum absolute atomic E-state index is 6.60. The summed E-state index contributed by atoms with van der Waals surface area (Å²) in [5.41, 5.74) is 0. The molecule has 11 heteroatoms. The molecule has 10 nitrogen and oxygen atoms in total. The van der Waals surface area contributed by atoms with E-state index in [1.807, 2.05) is 0 Å². The first-order chi connectivity index (χ1) is 15.0. The molecule has 3 heterocycles. The zero-order valence-electron chi connectivity index (χ0n) is 19.1. The van der Waals surface area contributed by atoms with Gasteiger partial charge in [0.2, 0.25) is 5.79 Å². The SMILES string of the molecule is COC[C@H]1O[C@]2(OC[C@H]3O[C@H](OC)[C@H](OC)[C@@H](OC)[C@@H]3[C@@H]2I)[C@@H](OC)[C@@H](OC)[C@@H]1OC. The first-order valence-electron chi connectivity index (χ1n) is 10.2. The number of halogens is 1. The van der Waals surface area contributed by atoms with E-state index < -0.39 is 42.6 Å². The second-order valence-electron chi connectivity index (χ2n) is 7.86. The van der Waals surface area contributed by atoms with Crippen molar-refractivity contribution in [1.82, 2.24) is 0 Å². The molecule has 31 heavy (non-hydrogen) atoms. The van der Waals surface area contributed by atoms with E-state index in [9.17, 15) is 0 Å². The maximum atomic E-state index is 6.60. The first-order valence-corrected chi connectivity index (χ1v) is 11.5. The topological polar surface area (TPSA) is 92.3 Å². The third-order valence-corrected chi connectivity index (χ3v) is 8.23. The molecule has 0 aromatic carbocycles. The zero-order chi connectivity index (χ0) is 22.8. The predicted octanol–water partition coefficient (Wildman–Crippen LogP) is 0.624. The average molecular weight is 562 g/mol. The molecule has 0 saturated carbocycles. The van der Waals surface area contributed by atoms with Crippen LogP contribution < -0.4 is 0 Å². The van der Waals surface area contributed by atoms with Gasteiger partial charge in [0.15, 0.2) is 6.29 Å². The van der Waals surface area contributed by atoms with E-state index in [1.165, 1.54) is 0 Å². The molecular weight excluding hydrogens is 527 g/mol. The van der Waals surface area contributed by atoms with Gasteiger partial charge in [-0.25, -0.2) is 0 Å². The Morgan fingerprint density at radius 2 is 1.45 bits per heavy atom. The number of rotatable bonds is 8. The van der Waals surface area contributed by atoms with Crippen molar-refractivity contribution < 1.29 is 47.4 Å². The standard InChI is InChI=1S/C20H35IO10/c1-22-8-11-13(23-2)15(25-4)18(27-6)20(31-11)17(21)12-10(9-29-20)30-19(28-7)16(26-5)14(12)24-3/h10-19H,8-9H2,1-7H3/t10-,11-,12-,13-,14+,15+,16-,17+,18+,19+,20+/m1/s1. The lowest BCUT2D eigenvalue weighted by molar-refractivity contribution is -0.406. The second kappa shape index (κ2) is 11.2. The number of hydrogen-bond acceptors (Lipinski definition) is 10. The van der Waals surface area contributed by atoms with Gasteiger partial charge in [-0.3, -0.25) is 0 Å². The Hall–Kier alpha value is 0.330. The van der Waals surface area contributed by atoms with Crippen LogP contribution in [0, 0.1) is 5.92 Å². The van der Waals surface area contributed by atoms with E-state index in [4.69, 9.17) is 47.4 Å². The predicted molar refractivity (Wildman–Crippen MR) is 116 cm³/mol. The molecule has 3 saturated heterocycles. The van der Waals surface area contributed by atoms with E-state index in [0.717, 1.165) is 0 Å². The summed E-state index contributed by atoms with van der Waals surface area (Å²) in [5.74, 6) is -1.25. The highest BCUT2D eigenvalue weighted by molar-refractivity contribution is 14.1. The average Bonchev–Trinajstić information content (AvgIpc) is 2.79. The maximum Gasteiger partial charge on any atom is 0.210 e. The number of hydrogen-bond donors (Lipinski definition) is 0. The monoisotopic (exact) mass is 562 g/mol. The molecule has 3 rings (SSSR count). The Morgan fingerprint density at radius 3 is 1.97 bits per heavy atom. The summed E-state index contributed by atoms with van der Waals surface area (Å²) in [6, 6.07) is 0. The Morgan fingerprint density at radius 1 is 0.806 bits per heavy atom. The molecule has 0 N–H and O–H groups in total. The number of fused-ring (bicyclic) bond motifs is 1. The lowest BCUT2D eigenvalue weighted by atomic mass is 9.77. The Labute approximate surface area is 197 Å². The van der Waals surface area contributed by atoms with Gasteiger partial charge >= 0.3 is 0 Å². The van der Waals surface area contributed by atoms with Gasteiger partial charge < -0.3 is 47.4 Å². The van der Waals surface area contributed by atoms with Crippen LogP contribution in [-0.4, -0.2) is 122 Å². The number of alkyl halides is 1. The fraction of sp³-hybridized carbons (Fsp3) is 1.00. The summed E-state index contributed by atoms with van der Waals surface area (Å²) in [7, 11) is 11.4. The molecule has 0 aromatic rings. The van der Waals surface area contributed by atoms with Crippen LogP contribution in [0.25, 0.3) is 0 Å². The number of methoxy groups -OCH3 is 7. The van der Waals surface area contributed by atoms with Gasteiger partial charge in [-0.15, -0.1) is 0 Å². The zero-order valence-corrected chi connectivity index (χ0v) is 21.3. The largest absolute Gasteiger partial charge is 0.382 e. The molecule has 3 aliphatic rings. The molecule has 0 aliphatic carbocycles. The van der Waals surface area contributed by atoms with Crippen LogP contribution in [0.1, 0.15) is 0 Å². The minimum absolute atomic E-state index is 0.117. The van der Waals surface area contributed by atoms with Gasteiger partial charge in [-0.1, -0.05) is 22.6 Å². The highest BCUT2D eigenvalue weighted by Crippen LogP contribution is 2.50. The van der Waals surface area contributed by atoms with Gasteiger partial charge in [-0.05, 0) is 0 Å². The first kappa shape index (κ1) is 25.9. The van der Waals surface area contributed by atoms with Crippen LogP contribution in [0.4, 0.5) is 0 Å². The van der Waals surface area contributed by atoms with Gasteiger partial charge in [-0.2, -0.15) is 0 Å². The summed E-state index contributed by atoms with van der Waals surface area (Å²) in [6.45, 7) is 0.585. The highest BCUT2D eigenvalue weighted by atomic mass is 127. The van der Waals surface area contributed by atoms with E-state index in [-0.39, 0.29) is 28.7 Å². The van der Waals surface area contributed by atoms with E-state index in [2.05, 4.69) is 22.6 Å². The van der Waals surface area contributed by atoms with Gasteiger partial charge in [0, 0.05) is 55.7 Å². The van der Waals surface area contributed by atoms with Crippen molar-refractivity contribution >= 4 is 22.6 Å². The Bertz CT molecular complexity index is 570. The molecule has 1 spiro atoms. The molecular formula is C20H35IO10. The fourth-order valence-corrected chi connectivity index (χ4v) is 6.73. The molecule has 0 aromatic heterocycles. The molecule has 0 amide bonds. The molecule has 3 aliphatic heterocycles. The molecule has 11 atom stereocenters. The third kappa shape index (κ3) is 4.41. The van der Waals surface area contributed by atoms with Crippen LogP contribution in [0.3, 0.4) is 0 Å². The minimum Gasteiger partial charge on any atom is -0.382 e. The quantitative estimate of drug-likeness (QED) is 0.310. The Balaban J connectivity index is 2.00. The van der Waals surface area contributed by atoms with Crippen molar-refractivity contribution in [3.05, 3.63) is 0 Å². The van der Waals surface area contributed by atoms with Crippen molar-refractivity contribution in [1.29, 1.82) is 0 Å². The van der Waals surface area contributed by atoms with Crippen molar-refractivity contribution in [3.63, 3.8) is 0 Å². The summed E-state index contributed by atoms with van der Waals surface area (Å²) in [6.07, 6.45) is -3.35. The summed E-state index contributed by atoms with van der Waals surface area (Å²) >= 11 is 2.35. The third-order valence-electron chi connectivity index (χ3n) is 6.53. The summed E-state index contributed by atoms with van der Waals surface area (Å²) in [4.78, 5) is 0. The van der Waals surface area contributed by atoms with Crippen LogP contribution in [0.5, 0.6) is 0 Å². The van der Waals surface area contributed by atoms with Crippen molar-refractivity contribution in [2.24, 2.45) is 5.92 Å².